The van der Waals surface area contributed by atoms with Gasteiger partial charge in [-0.1, -0.05) is 29.8 Å². The van der Waals surface area contributed by atoms with Gasteiger partial charge in [0.2, 0.25) is 0 Å². The average molecular weight is 445 g/mol. The highest BCUT2D eigenvalue weighted by Crippen LogP contribution is 2.29. The van der Waals surface area contributed by atoms with Gasteiger partial charge in [-0.15, -0.1) is 0 Å². The van der Waals surface area contributed by atoms with Gasteiger partial charge in [-0.3, -0.25) is 4.79 Å². The third-order valence-electron chi connectivity index (χ3n) is 4.61. The van der Waals surface area contributed by atoms with Gasteiger partial charge in [0.25, 0.3) is 5.91 Å². The Labute approximate surface area is 190 Å². The summed E-state index contributed by atoms with van der Waals surface area (Å²) in [4.78, 5) is 29.7. The summed E-state index contributed by atoms with van der Waals surface area (Å²) in [6.45, 7) is 2.01. The number of benzene rings is 3. The van der Waals surface area contributed by atoms with Crippen LogP contribution in [0.3, 0.4) is 0 Å². The molecule has 0 bridgehead atoms. The number of nitrogens with zero attached hydrogens (tertiary/aromatic N) is 1. The number of carbonyl (C=O) groups excluding carboxylic acids is 2. The second-order valence-corrected chi connectivity index (χ2v) is 8.04. The Balaban J connectivity index is 1.47. The number of thioether (sulfide) groups is 1. The van der Waals surface area contributed by atoms with Gasteiger partial charge >= 0.3 is 5.97 Å². The second kappa shape index (κ2) is 9.53. The summed E-state index contributed by atoms with van der Waals surface area (Å²) in [6.07, 6.45) is 1.74. The molecule has 4 rings (SSSR count). The van der Waals surface area contributed by atoms with E-state index in [1.807, 2.05) is 37.3 Å². The first-order valence-corrected chi connectivity index (χ1v) is 10.6. The van der Waals surface area contributed by atoms with Crippen molar-refractivity contribution in [1.82, 2.24) is 5.32 Å². The summed E-state index contributed by atoms with van der Waals surface area (Å²) in [5.41, 5.74) is 3.06. The van der Waals surface area contributed by atoms with E-state index in [-0.39, 0.29) is 5.91 Å². The van der Waals surface area contributed by atoms with Crippen LogP contribution in [0.15, 0.2) is 82.7 Å². The monoisotopic (exact) mass is 444 g/mol. The maximum absolute atomic E-state index is 12.4. The smallest absolute Gasteiger partial charge is 0.343 e. The van der Waals surface area contributed by atoms with E-state index in [0.29, 0.717) is 27.1 Å². The highest BCUT2D eigenvalue weighted by Gasteiger charge is 2.23. The van der Waals surface area contributed by atoms with Gasteiger partial charge in [0.15, 0.2) is 5.17 Å². The zero-order valence-electron chi connectivity index (χ0n) is 17.5. The summed E-state index contributed by atoms with van der Waals surface area (Å²) in [5.74, 6) is 0.351. The number of methoxy groups -OCH3 is 1. The summed E-state index contributed by atoms with van der Waals surface area (Å²) in [5, 5.41) is 3.30. The van der Waals surface area contributed by atoms with Gasteiger partial charge in [0.1, 0.15) is 11.5 Å². The second-order valence-electron chi connectivity index (χ2n) is 7.01. The molecule has 0 aliphatic carbocycles. The molecule has 6 nitrogen and oxygen atoms in total. The van der Waals surface area contributed by atoms with Crippen molar-refractivity contribution in [2.24, 2.45) is 4.99 Å². The summed E-state index contributed by atoms with van der Waals surface area (Å²) < 4.78 is 10.6. The number of aryl methyl sites for hydroxylation is 1. The molecule has 0 aromatic heterocycles. The number of esters is 1. The minimum absolute atomic E-state index is 0.221. The fraction of sp³-hybridized carbons (Fsp3) is 0.0800. The van der Waals surface area contributed by atoms with Crippen molar-refractivity contribution >= 4 is 40.6 Å². The molecule has 3 aromatic rings. The Hall–Kier alpha value is -3.84. The molecule has 0 saturated carbocycles. The molecule has 1 N–H and O–H groups in total. The van der Waals surface area contributed by atoms with Crippen LogP contribution in [0.4, 0.5) is 5.69 Å². The lowest BCUT2D eigenvalue weighted by atomic mass is 10.2. The summed E-state index contributed by atoms with van der Waals surface area (Å²) >= 11 is 1.26. The lowest BCUT2D eigenvalue weighted by molar-refractivity contribution is -0.115. The highest BCUT2D eigenvalue weighted by molar-refractivity contribution is 8.18. The van der Waals surface area contributed by atoms with E-state index < -0.39 is 5.97 Å². The van der Waals surface area contributed by atoms with Crippen molar-refractivity contribution in [3.63, 3.8) is 0 Å². The Morgan fingerprint density at radius 2 is 1.75 bits per heavy atom. The average Bonchev–Trinajstić information content (AvgIpc) is 3.14. The van der Waals surface area contributed by atoms with E-state index in [0.717, 1.165) is 16.8 Å². The van der Waals surface area contributed by atoms with E-state index in [2.05, 4.69) is 10.3 Å². The van der Waals surface area contributed by atoms with Crippen LogP contribution in [0.1, 0.15) is 21.5 Å². The van der Waals surface area contributed by atoms with Crippen LogP contribution in [-0.4, -0.2) is 24.2 Å². The molecular formula is C25H20N2O4S. The van der Waals surface area contributed by atoms with Crippen molar-refractivity contribution in [1.29, 1.82) is 0 Å². The van der Waals surface area contributed by atoms with Crippen LogP contribution in [0.25, 0.3) is 6.08 Å². The lowest BCUT2D eigenvalue weighted by Crippen LogP contribution is -2.19. The largest absolute Gasteiger partial charge is 0.497 e. The maximum Gasteiger partial charge on any atom is 0.343 e. The van der Waals surface area contributed by atoms with Crippen LogP contribution in [-0.2, 0) is 4.79 Å². The molecule has 160 valence electrons. The number of aliphatic imine (C=N–C) groups is 1. The number of amides is 1. The van der Waals surface area contributed by atoms with E-state index in [1.54, 1.807) is 55.7 Å². The van der Waals surface area contributed by atoms with Crippen molar-refractivity contribution in [2.45, 2.75) is 6.92 Å². The fourth-order valence-electron chi connectivity index (χ4n) is 2.93. The molecule has 0 unspecified atom stereocenters. The van der Waals surface area contributed by atoms with Crippen molar-refractivity contribution in [2.75, 3.05) is 7.11 Å². The molecule has 3 aromatic carbocycles. The molecule has 1 fully saturated rings. The zero-order chi connectivity index (χ0) is 22.5. The third kappa shape index (κ3) is 5.25. The molecule has 0 atom stereocenters. The van der Waals surface area contributed by atoms with Gasteiger partial charge in [0, 0.05) is 0 Å². The molecule has 0 spiro atoms. The number of amidine groups is 1. The maximum atomic E-state index is 12.4. The van der Waals surface area contributed by atoms with Crippen LogP contribution in [0.2, 0.25) is 0 Å². The van der Waals surface area contributed by atoms with Crippen molar-refractivity contribution in [3.8, 4) is 11.5 Å². The predicted molar refractivity (Wildman–Crippen MR) is 126 cm³/mol. The Kier molecular flexibility index (Phi) is 6.37. The molecule has 1 aliphatic heterocycles. The molecule has 1 heterocycles. The highest BCUT2D eigenvalue weighted by atomic mass is 32.2. The third-order valence-corrected chi connectivity index (χ3v) is 5.52. The number of rotatable bonds is 5. The lowest BCUT2D eigenvalue weighted by Gasteiger charge is -2.06. The van der Waals surface area contributed by atoms with E-state index in [9.17, 15) is 9.59 Å². The Morgan fingerprint density at radius 3 is 2.47 bits per heavy atom. The summed E-state index contributed by atoms with van der Waals surface area (Å²) in [6, 6.07) is 21.4. The quantitative estimate of drug-likeness (QED) is 0.336. The van der Waals surface area contributed by atoms with E-state index in [4.69, 9.17) is 9.47 Å². The van der Waals surface area contributed by atoms with Crippen LogP contribution in [0, 0.1) is 6.92 Å². The van der Waals surface area contributed by atoms with Gasteiger partial charge in [-0.2, -0.15) is 0 Å². The first-order valence-electron chi connectivity index (χ1n) is 9.83. The molecule has 0 radical (unpaired) electrons. The van der Waals surface area contributed by atoms with Gasteiger partial charge in [-0.05, 0) is 78.9 Å². The number of ether oxygens (including phenoxy) is 2. The van der Waals surface area contributed by atoms with E-state index >= 15 is 0 Å². The molecule has 1 aliphatic rings. The van der Waals surface area contributed by atoms with Crippen molar-refractivity contribution in [3.05, 3.63) is 94.4 Å². The molecular weight excluding hydrogens is 424 g/mol. The number of nitrogens with one attached hydrogen (secondary N) is 1. The Bertz CT molecular complexity index is 1220. The van der Waals surface area contributed by atoms with Crippen LogP contribution >= 0.6 is 11.8 Å². The number of hydrogen-bond donors (Lipinski definition) is 1. The first kappa shape index (κ1) is 21.4. The zero-order valence-corrected chi connectivity index (χ0v) is 18.3. The van der Waals surface area contributed by atoms with Crippen LogP contribution in [0.5, 0.6) is 11.5 Å². The topological polar surface area (TPSA) is 77.0 Å². The fourth-order valence-corrected chi connectivity index (χ4v) is 3.77. The number of hydrogen-bond acceptors (Lipinski definition) is 6. The molecule has 1 amide bonds. The van der Waals surface area contributed by atoms with Gasteiger partial charge in [-0.25, -0.2) is 9.79 Å². The molecule has 1 saturated heterocycles. The molecule has 32 heavy (non-hydrogen) atoms. The normalized spacial score (nSPS) is 15.6. The predicted octanol–water partition coefficient (Wildman–Crippen LogP) is 5.11. The first-order chi connectivity index (χ1) is 15.5. The summed E-state index contributed by atoms with van der Waals surface area (Å²) in [7, 11) is 1.56. The van der Waals surface area contributed by atoms with Crippen LogP contribution < -0.4 is 14.8 Å². The minimum atomic E-state index is -0.474. The minimum Gasteiger partial charge on any atom is -0.497 e. The van der Waals surface area contributed by atoms with Crippen molar-refractivity contribution < 1.29 is 19.1 Å². The number of carbonyl (C=O) groups is 2. The van der Waals surface area contributed by atoms with Gasteiger partial charge in [0.05, 0.1) is 23.3 Å². The molecule has 7 heteroatoms. The SMILES string of the molecule is COc1ccc(C(=O)Oc2cccc(/C=C3\SC(=Nc4ccc(C)cc4)NC3=O)c2)cc1. The van der Waals surface area contributed by atoms with E-state index in [1.165, 1.54) is 11.8 Å². The Morgan fingerprint density at radius 1 is 1.00 bits per heavy atom. The standard InChI is InChI=1S/C25H20N2O4S/c1-16-6-10-19(11-7-16)26-25-27-23(28)22(32-25)15-17-4-3-5-21(14-17)31-24(29)18-8-12-20(30-2)13-9-18/h3-15H,1-2H3,(H,26,27,28)/b22-15-. The van der Waals surface area contributed by atoms with Gasteiger partial charge < -0.3 is 14.8 Å².